The van der Waals surface area contributed by atoms with Crippen LogP contribution in [0.2, 0.25) is 15.1 Å². The first-order chi connectivity index (χ1) is 18.3. The molecule has 3 aromatic carbocycles. The van der Waals surface area contributed by atoms with Crippen molar-refractivity contribution in [1.82, 2.24) is 0 Å². The lowest BCUT2D eigenvalue weighted by Crippen LogP contribution is -2.18. The molecular formula is C28H22Cl5N3O3. The van der Waals surface area contributed by atoms with Crippen LogP contribution in [0.3, 0.4) is 0 Å². The van der Waals surface area contributed by atoms with Crippen molar-refractivity contribution in [1.29, 1.82) is 0 Å². The highest BCUT2D eigenvalue weighted by Crippen LogP contribution is 2.65. The lowest BCUT2D eigenvalue weighted by atomic mass is 10.1. The van der Waals surface area contributed by atoms with Crippen molar-refractivity contribution in [3.8, 4) is 0 Å². The van der Waals surface area contributed by atoms with Crippen LogP contribution in [0.5, 0.6) is 0 Å². The molecule has 1 aliphatic carbocycles. The molecule has 3 amide bonds. The van der Waals surface area contributed by atoms with Crippen molar-refractivity contribution in [3.63, 3.8) is 0 Å². The fraction of sp³-hybridized carbons (Fsp3) is 0.179. The summed E-state index contributed by atoms with van der Waals surface area (Å²) in [4.78, 5) is 37.9. The molecule has 0 radical (unpaired) electrons. The van der Waals surface area contributed by atoms with Gasteiger partial charge in [0.05, 0.1) is 16.5 Å². The quantitative estimate of drug-likeness (QED) is 0.182. The Bertz CT molecular complexity index is 1460. The topological polar surface area (TPSA) is 87.3 Å². The smallest absolute Gasteiger partial charge is 0.257 e. The van der Waals surface area contributed by atoms with Crippen LogP contribution in [0.25, 0.3) is 0 Å². The van der Waals surface area contributed by atoms with Crippen molar-refractivity contribution >= 4 is 92.8 Å². The minimum atomic E-state index is -1.35. The van der Waals surface area contributed by atoms with E-state index in [1.807, 2.05) is 13.8 Å². The Kier molecular flexibility index (Phi) is 8.84. The van der Waals surface area contributed by atoms with Gasteiger partial charge in [0, 0.05) is 39.1 Å². The molecule has 2 unspecified atom stereocenters. The van der Waals surface area contributed by atoms with Gasteiger partial charge in [0.1, 0.15) is 4.33 Å². The summed E-state index contributed by atoms with van der Waals surface area (Å²) in [5.41, 5.74) is 3.07. The number of benzene rings is 3. The Morgan fingerprint density at radius 2 is 1.33 bits per heavy atom. The molecular weight excluding hydrogens is 604 g/mol. The molecule has 4 rings (SSSR count). The van der Waals surface area contributed by atoms with E-state index in [4.69, 9.17) is 58.0 Å². The van der Waals surface area contributed by atoms with Crippen LogP contribution in [-0.4, -0.2) is 22.1 Å². The van der Waals surface area contributed by atoms with Crippen LogP contribution >= 0.6 is 58.0 Å². The van der Waals surface area contributed by atoms with Crippen molar-refractivity contribution in [3.05, 3.63) is 98.5 Å². The lowest BCUT2D eigenvalue weighted by Gasteiger charge is -2.11. The van der Waals surface area contributed by atoms with Gasteiger partial charge in [-0.3, -0.25) is 14.4 Å². The maximum Gasteiger partial charge on any atom is 0.257 e. The number of carbonyl (C=O) groups excluding carboxylic acids is 3. The number of hydrogen-bond donors (Lipinski definition) is 3. The minimum absolute atomic E-state index is 0.146. The van der Waals surface area contributed by atoms with Crippen molar-refractivity contribution in [2.24, 2.45) is 5.92 Å². The Morgan fingerprint density at radius 3 is 1.92 bits per heavy atom. The van der Waals surface area contributed by atoms with Gasteiger partial charge in [0.15, 0.2) is 0 Å². The third kappa shape index (κ3) is 7.07. The Labute approximate surface area is 250 Å². The van der Waals surface area contributed by atoms with Gasteiger partial charge in [0.25, 0.3) is 5.91 Å². The van der Waals surface area contributed by atoms with Gasteiger partial charge in [-0.1, -0.05) is 40.4 Å². The second kappa shape index (κ2) is 11.8. The molecule has 3 N–H and O–H groups in total. The second-order valence-corrected chi connectivity index (χ2v) is 12.0. The SMILES string of the molecule is CC(C)=CC(=O)Nc1ccc(NC(=O)c2cc(NC(=O)C3C(c4cc(Cl)cc(Cl)c4)C3(Cl)Cl)ccc2Cl)cc1. The summed E-state index contributed by atoms with van der Waals surface area (Å²) >= 11 is 31.3. The highest BCUT2D eigenvalue weighted by molar-refractivity contribution is 6.53. The summed E-state index contributed by atoms with van der Waals surface area (Å²) in [5, 5.41) is 9.25. The third-order valence-corrected chi connectivity index (χ3v) is 7.60. The van der Waals surface area contributed by atoms with E-state index in [1.54, 1.807) is 48.5 Å². The summed E-state index contributed by atoms with van der Waals surface area (Å²) in [5.74, 6) is -2.44. The standard InChI is InChI=1S/C28H22Cl5N3O3/c1-14(2)9-23(37)34-18-3-5-19(6-4-18)35-26(38)21-13-20(7-8-22(21)31)36-27(39)25-24(28(25,32)33)15-10-16(29)12-17(30)11-15/h3-13,24-25H,1-2H3,(H,34,37)(H,35,38)(H,36,39). The van der Waals surface area contributed by atoms with Gasteiger partial charge in [-0.2, -0.15) is 0 Å². The van der Waals surface area contributed by atoms with E-state index in [-0.39, 0.29) is 16.5 Å². The minimum Gasteiger partial charge on any atom is -0.326 e. The molecule has 1 fully saturated rings. The normalized spacial score (nSPS) is 17.1. The van der Waals surface area contributed by atoms with E-state index in [9.17, 15) is 14.4 Å². The molecule has 1 aliphatic rings. The third-order valence-electron chi connectivity index (χ3n) is 5.89. The van der Waals surface area contributed by atoms with Gasteiger partial charge < -0.3 is 16.0 Å². The highest BCUT2D eigenvalue weighted by atomic mass is 35.5. The fourth-order valence-corrected chi connectivity index (χ4v) is 5.67. The second-order valence-electron chi connectivity index (χ2n) is 9.26. The van der Waals surface area contributed by atoms with Crippen LogP contribution < -0.4 is 16.0 Å². The molecule has 39 heavy (non-hydrogen) atoms. The van der Waals surface area contributed by atoms with E-state index in [0.717, 1.165) is 5.57 Å². The van der Waals surface area contributed by atoms with Crippen molar-refractivity contribution in [2.45, 2.75) is 24.1 Å². The summed E-state index contributed by atoms with van der Waals surface area (Å²) in [7, 11) is 0. The lowest BCUT2D eigenvalue weighted by molar-refractivity contribution is -0.117. The van der Waals surface area contributed by atoms with E-state index in [1.165, 1.54) is 18.2 Å². The zero-order valence-corrected chi connectivity index (χ0v) is 24.4. The summed E-state index contributed by atoms with van der Waals surface area (Å²) < 4.78 is -1.35. The number of rotatable bonds is 7. The van der Waals surface area contributed by atoms with Crippen LogP contribution in [0.15, 0.2) is 72.3 Å². The molecule has 0 spiro atoms. The maximum atomic E-state index is 13.1. The molecule has 0 aliphatic heterocycles. The number of allylic oxidation sites excluding steroid dienone is 1. The summed E-state index contributed by atoms with van der Waals surface area (Å²) in [6.45, 7) is 3.65. The van der Waals surface area contributed by atoms with Crippen LogP contribution in [0, 0.1) is 5.92 Å². The number of carbonyl (C=O) groups is 3. The predicted molar refractivity (Wildman–Crippen MR) is 160 cm³/mol. The molecule has 11 heteroatoms. The Balaban J connectivity index is 1.43. The first kappa shape index (κ1) is 29.2. The molecule has 2 atom stereocenters. The predicted octanol–water partition coefficient (Wildman–Crippen LogP) is 8.33. The Hall–Kier alpha value is -2.74. The van der Waals surface area contributed by atoms with Crippen LogP contribution in [0.1, 0.15) is 35.7 Å². The van der Waals surface area contributed by atoms with E-state index >= 15 is 0 Å². The van der Waals surface area contributed by atoms with Gasteiger partial charge in [-0.15, -0.1) is 23.2 Å². The molecule has 202 valence electrons. The van der Waals surface area contributed by atoms with Crippen molar-refractivity contribution < 1.29 is 14.4 Å². The number of nitrogens with one attached hydrogen (secondary N) is 3. The molecule has 0 bridgehead atoms. The molecule has 0 saturated heterocycles. The summed E-state index contributed by atoms with van der Waals surface area (Å²) in [6, 6.07) is 16.1. The van der Waals surface area contributed by atoms with E-state index in [2.05, 4.69) is 16.0 Å². The average Bonchev–Trinajstić information content (AvgIpc) is 3.42. The number of amides is 3. The van der Waals surface area contributed by atoms with Gasteiger partial charge in [-0.25, -0.2) is 0 Å². The van der Waals surface area contributed by atoms with Gasteiger partial charge in [-0.05, 0) is 80.1 Å². The Morgan fingerprint density at radius 1 is 0.769 bits per heavy atom. The first-order valence-corrected chi connectivity index (χ1v) is 13.6. The zero-order valence-electron chi connectivity index (χ0n) is 20.6. The number of alkyl halides is 2. The molecule has 3 aromatic rings. The van der Waals surface area contributed by atoms with E-state index in [0.29, 0.717) is 32.7 Å². The molecule has 1 saturated carbocycles. The number of anilines is 3. The first-order valence-electron chi connectivity index (χ1n) is 11.7. The molecule has 0 heterocycles. The largest absolute Gasteiger partial charge is 0.326 e. The summed E-state index contributed by atoms with van der Waals surface area (Å²) in [6.07, 6.45) is 1.49. The van der Waals surface area contributed by atoms with Crippen molar-refractivity contribution in [2.75, 3.05) is 16.0 Å². The van der Waals surface area contributed by atoms with Crippen LogP contribution in [-0.2, 0) is 9.59 Å². The number of hydrogen-bond acceptors (Lipinski definition) is 3. The highest BCUT2D eigenvalue weighted by Gasteiger charge is 2.67. The van der Waals surface area contributed by atoms with Crippen LogP contribution in [0.4, 0.5) is 17.1 Å². The fourth-order valence-electron chi connectivity index (χ4n) is 4.10. The maximum absolute atomic E-state index is 13.1. The average molecular weight is 626 g/mol. The number of halogens is 5. The van der Waals surface area contributed by atoms with Gasteiger partial charge in [0.2, 0.25) is 11.8 Å². The van der Waals surface area contributed by atoms with Gasteiger partial charge >= 0.3 is 0 Å². The monoisotopic (exact) mass is 623 g/mol. The zero-order chi connectivity index (χ0) is 28.5. The molecule has 0 aromatic heterocycles. The molecule has 6 nitrogen and oxygen atoms in total. The van der Waals surface area contributed by atoms with E-state index < -0.39 is 28.0 Å².